The van der Waals surface area contributed by atoms with Gasteiger partial charge < -0.3 is 14.5 Å². The molecule has 4 rings (SSSR count). The molecule has 2 atom stereocenters. The molecule has 1 aliphatic heterocycles. The third kappa shape index (κ3) is 5.80. The van der Waals surface area contributed by atoms with Gasteiger partial charge in [0.1, 0.15) is 18.2 Å². The third-order valence-corrected chi connectivity index (χ3v) is 8.20. The van der Waals surface area contributed by atoms with Gasteiger partial charge >= 0.3 is 0 Å². The molecule has 1 aromatic heterocycles. The predicted molar refractivity (Wildman–Crippen MR) is 132 cm³/mol. The van der Waals surface area contributed by atoms with Gasteiger partial charge in [0.15, 0.2) is 0 Å². The lowest BCUT2D eigenvalue weighted by atomic mass is 10.00. The molecule has 2 amide bonds. The molecular weight excluding hydrogens is 451 g/mol. The minimum atomic E-state index is -0.310. The monoisotopic (exact) mass is 486 g/mol. The van der Waals surface area contributed by atoms with E-state index in [4.69, 9.17) is 4.74 Å². The molecule has 0 radical (unpaired) electrons. The van der Waals surface area contributed by atoms with Crippen molar-refractivity contribution in [3.8, 4) is 5.75 Å². The summed E-state index contributed by atoms with van der Waals surface area (Å²) in [7, 11) is 0. The second-order valence-electron chi connectivity index (χ2n) is 9.63. The van der Waals surface area contributed by atoms with E-state index in [1.165, 1.54) is 17.0 Å². The van der Waals surface area contributed by atoms with Crippen molar-refractivity contribution in [1.82, 2.24) is 9.80 Å². The molecule has 0 bridgehead atoms. The Bertz CT molecular complexity index is 971. The van der Waals surface area contributed by atoms with Crippen LogP contribution < -0.4 is 4.74 Å². The van der Waals surface area contributed by atoms with Crippen LogP contribution in [0.3, 0.4) is 0 Å². The van der Waals surface area contributed by atoms with Crippen molar-refractivity contribution in [3.05, 3.63) is 52.0 Å². The van der Waals surface area contributed by atoms with Crippen molar-refractivity contribution >= 4 is 23.2 Å². The fourth-order valence-corrected chi connectivity index (χ4v) is 5.93. The number of halogens is 1. The number of hydrogen-bond acceptors (Lipinski definition) is 4. The Hall–Kier alpha value is -2.41. The first-order valence-corrected chi connectivity index (χ1v) is 13.4. The van der Waals surface area contributed by atoms with E-state index in [0.29, 0.717) is 31.4 Å². The summed E-state index contributed by atoms with van der Waals surface area (Å²) in [5.41, 5.74) is 1.11. The lowest BCUT2D eigenvalue weighted by Crippen LogP contribution is -2.49. The summed E-state index contributed by atoms with van der Waals surface area (Å²) in [6.07, 6.45) is 5.83. The summed E-state index contributed by atoms with van der Waals surface area (Å²) in [6, 6.07) is 7.80. The van der Waals surface area contributed by atoms with E-state index < -0.39 is 0 Å². The second kappa shape index (κ2) is 11.3. The topological polar surface area (TPSA) is 49.9 Å². The number of carbonyl (C=O) groups is 2. The zero-order valence-electron chi connectivity index (χ0n) is 20.2. The first kappa shape index (κ1) is 24.7. The molecule has 2 heterocycles. The van der Waals surface area contributed by atoms with Gasteiger partial charge in [-0.2, -0.15) is 0 Å². The lowest BCUT2D eigenvalue weighted by Gasteiger charge is -2.37. The van der Waals surface area contributed by atoms with Gasteiger partial charge in [0.05, 0.1) is 12.6 Å². The first-order valence-electron chi connectivity index (χ1n) is 12.5. The number of fused-ring (bicyclic) bond motifs is 1. The molecule has 1 aliphatic carbocycles. The van der Waals surface area contributed by atoms with Crippen molar-refractivity contribution < 1.29 is 18.7 Å². The molecule has 0 saturated heterocycles. The van der Waals surface area contributed by atoms with Crippen molar-refractivity contribution in [2.45, 2.75) is 58.4 Å². The number of thiophene rings is 1. The second-order valence-corrected chi connectivity index (χ2v) is 10.6. The molecule has 0 N–H and O–H groups in total. The van der Waals surface area contributed by atoms with E-state index >= 15 is 0 Å². The minimum absolute atomic E-state index is 0.0285. The summed E-state index contributed by atoms with van der Waals surface area (Å²) in [5, 5.41) is 2.06. The Morgan fingerprint density at radius 3 is 2.65 bits per heavy atom. The Kier molecular flexibility index (Phi) is 8.24. The fraction of sp³-hybridized carbons (Fsp3) is 0.556. The zero-order valence-corrected chi connectivity index (χ0v) is 21.0. The number of benzene rings is 1. The largest absolute Gasteiger partial charge is 0.491 e. The van der Waals surface area contributed by atoms with Crippen LogP contribution in [0.4, 0.5) is 4.39 Å². The van der Waals surface area contributed by atoms with E-state index in [9.17, 15) is 14.0 Å². The minimum Gasteiger partial charge on any atom is -0.491 e. The average Bonchev–Trinajstić information content (AvgIpc) is 3.54. The fourth-order valence-electron chi connectivity index (χ4n) is 5.00. The van der Waals surface area contributed by atoms with Crippen molar-refractivity contribution in [2.75, 3.05) is 26.2 Å². The van der Waals surface area contributed by atoms with Crippen LogP contribution in [0.5, 0.6) is 5.75 Å². The highest BCUT2D eigenvalue weighted by Gasteiger charge is 2.35. The van der Waals surface area contributed by atoms with E-state index in [0.717, 1.165) is 44.1 Å². The van der Waals surface area contributed by atoms with Crippen molar-refractivity contribution in [2.24, 2.45) is 11.8 Å². The number of rotatable bonds is 9. The Balaban J connectivity index is 1.49. The average molecular weight is 487 g/mol. The van der Waals surface area contributed by atoms with Gasteiger partial charge in [-0.15, -0.1) is 11.3 Å². The van der Waals surface area contributed by atoms with Gasteiger partial charge in [0.25, 0.3) is 0 Å². The van der Waals surface area contributed by atoms with Crippen molar-refractivity contribution in [1.29, 1.82) is 0 Å². The van der Waals surface area contributed by atoms with Crippen LogP contribution in [0.25, 0.3) is 0 Å². The predicted octanol–water partition coefficient (Wildman–Crippen LogP) is 5.46. The SMILES string of the molecule is CC[C@@H](C)CN(CC(=O)N1CCc2sccc2[C@H]1COc1ccc(F)cc1)C(=O)C1CCCC1. The third-order valence-electron chi connectivity index (χ3n) is 7.21. The van der Waals surface area contributed by atoms with Crippen LogP contribution in [0.2, 0.25) is 0 Å². The molecule has 184 valence electrons. The van der Waals surface area contributed by atoms with Crippen LogP contribution in [0.15, 0.2) is 35.7 Å². The summed E-state index contributed by atoms with van der Waals surface area (Å²) >= 11 is 1.71. The van der Waals surface area contributed by atoms with E-state index in [1.54, 1.807) is 23.5 Å². The quantitative estimate of drug-likeness (QED) is 0.473. The summed E-state index contributed by atoms with van der Waals surface area (Å²) in [4.78, 5) is 31.9. The molecule has 1 fully saturated rings. The Morgan fingerprint density at radius 2 is 1.94 bits per heavy atom. The summed E-state index contributed by atoms with van der Waals surface area (Å²) < 4.78 is 19.3. The number of nitrogens with zero attached hydrogens (tertiary/aromatic N) is 2. The molecule has 1 aromatic carbocycles. The lowest BCUT2D eigenvalue weighted by molar-refractivity contribution is -0.145. The van der Waals surface area contributed by atoms with Crippen molar-refractivity contribution in [3.63, 3.8) is 0 Å². The molecule has 34 heavy (non-hydrogen) atoms. The molecule has 0 unspecified atom stereocenters. The van der Waals surface area contributed by atoms with E-state index in [2.05, 4.69) is 25.3 Å². The molecule has 2 aliphatic rings. The smallest absolute Gasteiger partial charge is 0.242 e. The van der Waals surface area contributed by atoms with Crippen LogP contribution in [-0.4, -0.2) is 47.9 Å². The van der Waals surface area contributed by atoms with Gasteiger partial charge in [0.2, 0.25) is 11.8 Å². The standard InChI is InChI=1S/C27H35FN2O3S/c1-3-19(2)16-29(27(32)20-6-4-5-7-20)17-26(31)30-14-12-25-23(13-15-34-25)24(30)18-33-22-10-8-21(28)9-11-22/h8-11,13,15,19-20,24H,3-7,12,14,16-18H2,1-2H3/t19-,24-/m1/s1. The van der Waals surface area contributed by atoms with Gasteiger partial charge in [-0.3, -0.25) is 9.59 Å². The maximum atomic E-state index is 13.6. The Labute approximate surface area is 205 Å². The van der Waals surface area contributed by atoms with E-state index in [1.807, 2.05) is 9.80 Å². The maximum Gasteiger partial charge on any atom is 0.242 e. The Morgan fingerprint density at radius 1 is 1.21 bits per heavy atom. The summed E-state index contributed by atoms with van der Waals surface area (Å²) in [5.74, 6) is 0.777. The number of carbonyl (C=O) groups excluding carboxylic acids is 2. The van der Waals surface area contributed by atoms with Gasteiger partial charge in [0, 0.05) is 23.9 Å². The van der Waals surface area contributed by atoms with Gasteiger partial charge in [-0.25, -0.2) is 4.39 Å². The van der Waals surface area contributed by atoms with E-state index in [-0.39, 0.29) is 36.1 Å². The van der Waals surface area contributed by atoms with Gasteiger partial charge in [-0.05, 0) is 66.5 Å². The summed E-state index contributed by atoms with van der Waals surface area (Å²) in [6.45, 7) is 5.90. The first-order chi connectivity index (χ1) is 16.5. The van der Waals surface area contributed by atoms with Crippen LogP contribution >= 0.6 is 11.3 Å². The molecule has 2 aromatic rings. The molecule has 0 spiro atoms. The maximum absolute atomic E-state index is 13.6. The highest BCUT2D eigenvalue weighted by Crippen LogP contribution is 2.34. The molecule has 5 nitrogen and oxygen atoms in total. The number of amides is 2. The van der Waals surface area contributed by atoms with Crippen LogP contribution in [-0.2, 0) is 16.0 Å². The number of ether oxygens (including phenoxy) is 1. The molecule has 7 heteroatoms. The van der Waals surface area contributed by atoms with Crippen LogP contribution in [0.1, 0.15) is 62.4 Å². The van der Waals surface area contributed by atoms with Gasteiger partial charge in [-0.1, -0.05) is 33.1 Å². The normalized spacial score (nSPS) is 19.0. The number of hydrogen-bond donors (Lipinski definition) is 0. The highest BCUT2D eigenvalue weighted by atomic mass is 32.1. The van der Waals surface area contributed by atoms with Crippen LogP contribution in [0, 0.1) is 17.7 Å². The zero-order chi connectivity index (χ0) is 24.1. The molecule has 1 saturated carbocycles. The molecular formula is C27H35FN2O3S. The highest BCUT2D eigenvalue weighted by molar-refractivity contribution is 7.10.